The van der Waals surface area contributed by atoms with Crippen LogP contribution < -0.4 is 0 Å². The predicted octanol–water partition coefficient (Wildman–Crippen LogP) is 1.16. The van der Waals surface area contributed by atoms with Crippen LogP contribution in [0.4, 0.5) is 4.39 Å². The molecular weight excluding hydrogens is 143 g/mol. The normalized spacial score (nSPS) is 13.1. The van der Waals surface area contributed by atoms with Gasteiger partial charge >= 0.3 is 5.97 Å². The molecule has 0 heterocycles. The average Bonchev–Trinajstić information content (AvgIpc) is 1.63. The van der Waals surface area contributed by atoms with Gasteiger partial charge < -0.3 is 5.11 Å². The summed E-state index contributed by atoms with van der Waals surface area (Å²) in [6.07, 6.45) is -0.908. The molecule has 0 fully saturated rings. The molecular formula is C5H9FO2S. The zero-order valence-electron chi connectivity index (χ0n) is 5.13. The van der Waals surface area contributed by atoms with Gasteiger partial charge in [0.1, 0.15) is 6.17 Å². The molecule has 0 radical (unpaired) electrons. The van der Waals surface area contributed by atoms with Gasteiger partial charge in [-0.3, -0.25) is 4.79 Å². The third kappa shape index (κ3) is 7.75. The minimum Gasteiger partial charge on any atom is -0.481 e. The van der Waals surface area contributed by atoms with E-state index in [-0.39, 0.29) is 11.5 Å². The van der Waals surface area contributed by atoms with Crippen molar-refractivity contribution in [3.05, 3.63) is 0 Å². The second kappa shape index (κ2) is 4.61. The van der Waals surface area contributed by atoms with Gasteiger partial charge in [0, 0.05) is 5.75 Å². The van der Waals surface area contributed by atoms with Gasteiger partial charge in [0.2, 0.25) is 0 Å². The summed E-state index contributed by atoms with van der Waals surface area (Å²) in [4.78, 5) is 9.84. The van der Waals surface area contributed by atoms with Crippen molar-refractivity contribution in [2.75, 3.05) is 11.5 Å². The molecule has 0 spiro atoms. The monoisotopic (exact) mass is 152 g/mol. The molecule has 0 rings (SSSR count). The van der Waals surface area contributed by atoms with E-state index >= 15 is 0 Å². The molecule has 0 saturated carbocycles. The molecule has 0 aromatic heterocycles. The van der Waals surface area contributed by atoms with E-state index in [1.807, 2.05) is 0 Å². The predicted molar refractivity (Wildman–Crippen MR) is 35.5 cm³/mol. The largest absolute Gasteiger partial charge is 0.481 e. The van der Waals surface area contributed by atoms with Crippen LogP contribution in [-0.4, -0.2) is 28.8 Å². The fourth-order valence-electron chi connectivity index (χ4n) is 0.309. The molecule has 54 valence electrons. The summed E-state index contributed by atoms with van der Waals surface area (Å²) in [5, 5.41) is 8.08. The minimum atomic E-state index is -0.908. The van der Waals surface area contributed by atoms with Crippen molar-refractivity contribution in [3.8, 4) is 0 Å². The molecule has 0 aromatic carbocycles. The summed E-state index contributed by atoms with van der Waals surface area (Å²) < 4.78 is 11.9. The van der Waals surface area contributed by atoms with Crippen molar-refractivity contribution in [2.24, 2.45) is 0 Å². The first kappa shape index (κ1) is 8.75. The first-order valence-corrected chi connectivity index (χ1v) is 3.72. The summed E-state index contributed by atoms with van der Waals surface area (Å²) >= 11 is 1.09. The summed E-state index contributed by atoms with van der Waals surface area (Å²) in [6.45, 7) is 1.41. The second-order valence-electron chi connectivity index (χ2n) is 1.69. The Balaban J connectivity index is 3.01. The zero-order chi connectivity index (χ0) is 7.28. The van der Waals surface area contributed by atoms with Crippen LogP contribution in [0, 0.1) is 0 Å². The van der Waals surface area contributed by atoms with Crippen molar-refractivity contribution in [1.82, 2.24) is 0 Å². The van der Waals surface area contributed by atoms with Gasteiger partial charge in [0.05, 0.1) is 5.75 Å². The number of carboxylic acid groups (broad SMARTS) is 1. The number of hydrogen-bond acceptors (Lipinski definition) is 2. The van der Waals surface area contributed by atoms with Gasteiger partial charge in [-0.1, -0.05) is 0 Å². The highest BCUT2D eigenvalue weighted by Crippen LogP contribution is 2.03. The average molecular weight is 152 g/mol. The van der Waals surface area contributed by atoms with Crippen LogP contribution in [0.25, 0.3) is 0 Å². The lowest BCUT2D eigenvalue weighted by molar-refractivity contribution is -0.133. The molecule has 2 nitrogen and oxygen atoms in total. The molecule has 1 atom stereocenters. The molecule has 0 aromatic rings. The van der Waals surface area contributed by atoms with Crippen molar-refractivity contribution in [3.63, 3.8) is 0 Å². The molecule has 0 saturated heterocycles. The number of rotatable bonds is 4. The van der Waals surface area contributed by atoms with Crippen molar-refractivity contribution < 1.29 is 14.3 Å². The number of carbonyl (C=O) groups is 1. The summed E-state index contributed by atoms with van der Waals surface area (Å²) in [7, 11) is 0. The van der Waals surface area contributed by atoms with Crippen LogP contribution in [0.3, 0.4) is 0 Å². The lowest BCUT2D eigenvalue weighted by Crippen LogP contribution is -2.03. The summed E-state index contributed by atoms with van der Waals surface area (Å²) in [5.41, 5.74) is 0. The topological polar surface area (TPSA) is 37.3 Å². The lowest BCUT2D eigenvalue weighted by Gasteiger charge is -1.96. The molecule has 1 N–H and O–H groups in total. The van der Waals surface area contributed by atoms with E-state index in [2.05, 4.69) is 0 Å². The molecule has 0 aliphatic rings. The number of carboxylic acids is 1. The van der Waals surface area contributed by atoms with Gasteiger partial charge in [-0.25, -0.2) is 4.39 Å². The number of hydrogen-bond donors (Lipinski definition) is 1. The van der Waals surface area contributed by atoms with Crippen LogP contribution in [0.5, 0.6) is 0 Å². The zero-order valence-corrected chi connectivity index (χ0v) is 5.95. The highest BCUT2D eigenvalue weighted by Gasteiger charge is 2.00. The highest BCUT2D eigenvalue weighted by molar-refractivity contribution is 7.99. The van der Waals surface area contributed by atoms with E-state index in [0.29, 0.717) is 0 Å². The van der Waals surface area contributed by atoms with Crippen LogP contribution >= 0.6 is 11.8 Å². The Morgan fingerprint density at radius 3 is 2.78 bits per heavy atom. The van der Waals surface area contributed by atoms with Gasteiger partial charge in [0.15, 0.2) is 0 Å². The maximum atomic E-state index is 11.9. The van der Waals surface area contributed by atoms with Gasteiger partial charge in [0.25, 0.3) is 0 Å². The molecule has 4 heteroatoms. The highest BCUT2D eigenvalue weighted by atomic mass is 32.2. The minimum absolute atomic E-state index is 0.00569. The SMILES string of the molecule is CC(F)CSCC(=O)O. The lowest BCUT2D eigenvalue weighted by atomic mass is 10.5. The fraction of sp³-hybridized carbons (Fsp3) is 0.800. The smallest absolute Gasteiger partial charge is 0.313 e. The van der Waals surface area contributed by atoms with Crippen LogP contribution in [-0.2, 0) is 4.79 Å². The van der Waals surface area contributed by atoms with E-state index in [1.165, 1.54) is 6.92 Å². The van der Waals surface area contributed by atoms with Crippen molar-refractivity contribution >= 4 is 17.7 Å². The van der Waals surface area contributed by atoms with E-state index in [9.17, 15) is 9.18 Å². The Morgan fingerprint density at radius 1 is 1.89 bits per heavy atom. The van der Waals surface area contributed by atoms with E-state index < -0.39 is 12.1 Å². The van der Waals surface area contributed by atoms with E-state index in [1.54, 1.807) is 0 Å². The van der Waals surface area contributed by atoms with Crippen LogP contribution in [0.1, 0.15) is 6.92 Å². The van der Waals surface area contributed by atoms with Gasteiger partial charge in [-0.15, -0.1) is 11.8 Å². The Bertz CT molecular complexity index is 95.0. The third-order valence-corrected chi connectivity index (χ3v) is 1.72. The van der Waals surface area contributed by atoms with Crippen LogP contribution in [0.15, 0.2) is 0 Å². The Labute approximate surface area is 57.4 Å². The maximum absolute atomic E-state index is 11.9. The molecule has 0 aliphatic heterocycles. The van der Waals surface area contributed by atoms with Crippen molar-refractivity contribution in [1.29, 1.82) is 0 Å². The molecule has 0 aliphatic carbocycles. The number of thioether (sulfide) groups is 1. The van der Waals surface area contributed by atoms with Gasteiger partial charge in [-0.2, -0.15) is 0 Å². The molecule has 0 amide bonds. The Kier molecular flexibility index (Phi) is 4.48. The van der Waals surface area contributed by atoms with E-state index in [0.717, 1.165) is 11.8 Å². The quantitative estimate of drug-likeness (QED) is 0.656. The summed E-state index contributed by atoms with van der Waals surface area (Å²) in [6, 6.07) is 0. The molecule has 0 bridgehead atoms. The van der Waals surface area contributed by atoms with Crippen LogP contribution in [0.2, 0.25) is 0 Å². The number of alkyl halides is 1. The molecule has 9 heavy (non-hydrogen) atoms. The maximum Gasteiger partial charge on any atom is 0.313 e. The third-order valence-electron chi connectivity index (χ3n) is 0.573. The fourth-order valence-corrected chi connectivity index (χ4v) is 0.926. The van der Waals surface area contributed by atoms with E-state index in [4.69, 9.17) is 5.11 Å². The van der Waals surface area contributed by atoms with Gasteiger partial charge in [-0.05, 0) is 6.92 Å². The first-order chi connectivity index (χ1) is 4.13. The Hall–Kier alpha value is -0.250. The number of halogens is 1. The standard InChI is InChI=1S/C5H9FO2S/c1-4(6)2-9-3-5(7)8/h4H,2-3H2,1H3,(H,7,8). The van der Waals surface area contributed by atoms with Crippen molar-refractivity contribution in [2.45, 2.75) is 13.1 Å². The Morgan fingerprint density at radius 2 is 2.44 bits per heavy atom. The first-order valence-electron chi connectivity index (χ1n) is 2.56. The number of aliphatic carboxylic acids is 1. The second-order valence-corrected chi connectivity index (χ2v) is 2.72. The summed E-state index contributed by atoms with van der Waals surface area (Å²) in [5.74, 6) is -0.624. The molecule has 1 unspecified atom stereocenters.